The normalized spacial score (nSPS) is 12.1. The zero-order chi connectivity index (χ0) is 28.8. The summed E-state index contributed by atoms with van der Waals surface area (Å²) in [5.74, 6) is 0. The molecule has 0 amide bonds. The molecule has 2 nitrogen and oxygen atoms in total. The molecule has 3 aromatic heterocycles. The summed E-state index contributed by atoms with van der Waals surface area (Å²) in [5, 5.41) is 9.95. The Balaban J connectivity index is 1.26. The summed E-state index contributed by atoms with van der Waals surface area (Å²) >= 11 is 3.72. The van der Waals surface area contributed by atoms with Gasteiger partial charge in [-0.25, -0.2) is 0 Å². The molecule has 206 valence electrons. The second kappa shape index (κ2) is 9.17. The lowest BCUT2D eigenvalue weighted by Crippen LogP contribution is -2.10. The van der Waals surface area contributed by atoms with E-state index >= 15 is 0 Å². The molecule has 0 saturated carbocycles. The number of thiophene rings is 2. The number of nitrogens with zero attached hydrogens (tertiary/aromatic N) is 1. The highest BCUT2D eigenvalue weighted by Gasteiger charge is 2.20. The molecule has 0 aliphatic carbocycles. The standard InChI is InChI=1S/C40H23NOS2/c1-4-13-35-27(9-1)28-18-16-26(22-36(28)42-35)41(25-17-19-39-33(21-25)30-11-3-5-14-37(30)43-39)34-12-7-8-24-20-32-29-10-2-6-15-38(29)44-40(32)23-31(24)34/h1-23H. The first-order chi connectivity index (χ1) is 21.8. The third-order valence-corrected chi connectivity index (χ3v) is 11.1. The van der Waals surface area contributed by atoms with Gasteiger partial charge in [-0.1, -0.05) is 66.7 Å². The van der Waals surface area contributed by atoms with Crippen LogP contribution in [0, 0.1) is 0 Å². The van der Waals surface area contributed by atoms with E-state index in [0.717, 1.165) is 39.0 Å². The van der Waals surface area contributed by atoms with Gasteiger partial charge in [0.1, 0.15) is 11.2 Å². The van der Waals surface area contributed by atoms with Gasteiger partial charge in [-0.2, -0.15) is 0 Å². The first-order valence-corrected chi connectivity index (χ1v) is 16.4. The number of para-hydroxylation sites is 1. The maximum Gasteiger partial charge on any atom is 0.137 e. The third kappa shape index (κ3) is 3.53. The molecule has 7 aromatic carbocycles. The van der Waals surface area contributed by atoms with Crippen molar-refractivity contribution in [3.8, 4) is 0 Å². The Kier molecular flexibility index (Phi) is 5.06. The van der Waals surface area contributed by atoms with Gasteiger partial charge in [0.05, 0.1) is 5.69 Å². The third-order valence-electron chi connectivity index (χ3n) is 8.83. The first-order valence-electron chi connectivity index (χ1n) is 14.8. The molecule has 0 radical (unpaired) electrons. The van der Waals surface area contributed by atoms with Gasteiger partial charge in [0.2, 0.25) is 0 Å². The number of hydrogen-bond donors (Lipinski definition) is 0. The lowest BCUT2D eigenvalue weighted by molar-refractivity contribution is 0.669. The van der Waals surface area contributed by atoms with Crippen LogP contribution in [-0.4, -0.2) is 0 Å². The van der Waals surface area contributed by atoms with Crippen molar-refractivity contribution in [1.82, 2.24) is 0 Å². The van der Waals surface area contributed by atoms with Crippen molar-refractivity contribution < 1.29 is 4.42 Å². The Morgan fingerprint density at radius 3 is 1.86 bits per heavy atom. The molecular formula is C40H23NOS2. The van der Waals surface area contributed by atoms with E-state index in [1.54, 1.807) is 0 Å². The van der Waals surface area contributed by atoms with E-state index < -0.39 is 0 Å². The van der Waals surface area contributed by atoms with Crippen molar-refractivity contribution in [3.63, 3.8) is 0 Å². The van der Waals surface area contributed by atoms with Crippen molar-refractivity contribution in [1.29, 1.82) is 0 Å². The van der Waals surface area contributed by atoms with Gasteiger partial charge < -0.3 is 9.32 Å². The van der Waals surface area contributed by atoms with Crippen LogP contribution in [0.2, 0.25) is 0 Å². The van der Waals surface area contributed by atoms with E-state index in [9.17, 15) is 0 Å². The number of rotatable bonds is 3. The molecule has 4 heteroatoms. The van der Waals surface area contributed by atoms with E-state index in [0.29, 0.717) is 0 Å². The van der Waals surface area contributed by atoms with E-state index in [-0.39, 0.29) is 0 Å². The van der Waals surface area contributed by atoms with Gasteiger partial charge in [-0.15, -0.1) is 22.7 Å². The van der Waals surface area contributed by atoms with Crippen LogP contribution in [0.1, 0.15) is 0 Å². The van der Waals surface area contributed by atoms with E-state index in [4.69, 9.17) is 4.42 Å². The summed E-state index contributed by atoms with van der Waals surface area (Å²) in [5.41, 5.74) is 5.15. The van der Waals surface area contributed by atoms with Crippen molar-refractivity contribution in [2.75, 3.05) is 4.90 Å². The molecule has 0 aliphatic heterocycles. The summed E-state index contributed by atoms with van der Waals surface area (Å²) in [4.78, 5) is 2.40. The van der Waals surface area contributed by atoms with Crippen LogP contribution in [0.15, 0.2) is 144 Å². The van der Waals surface area contributed by atoms with Crippen LogP contribution < -0.4 is 4.90 Å². The maximum atomic E-state index is 6.39. The molecule has 0 saturated heterocycles. The summed E-state index contributed by atoms with van der Waals surface area (Å²) in [6.07, 6.45) is 0. The minimum absolute atomic E-state index is 0.892. The zero-order valence-corrected chi connectivity index (χ0v) is 25.1. The highest BCUT2D eigenvalue weighted by molar-refractivity contribution is 7.26. The predicted octanol–water partition coefficient (Wildman–Crippen LogP) is 12.9. The summed E-state index contributed by atoms with van der Waals surface area (Å²) in [7, 11) is 0. The van der Waals surface area contributed by atoms with Gasteiger partial charge in [0.25, 0.3) is 0 Å². The van der Waals surface area contributed by atoms with Gasteiger partial charge in [-0.3, -0.25) is 0 Å². The number of fused-ring (bicyclic) bond motifs is 10. The largest absolute Gasteiger partial charge is 0.456 e. The SMILES string of the molecule is c1cc(N(c2ccc3c(c2)oc2ccccc23)c2ccc3sc4ccccc4c3c2)c2cc3sc4ccccc4c3cc2c1. The van der Waals surface area contributed by atoms with Crippen LogP contribution in [0.5, 0.6) is 0 Å². The molecule has 0 bridgehead atoms. The van der Waals surface area contributed by atoms with Crippen LogP contribution in [0.4, 0.5) is 17.1 Å². The summed E-state index contributed by atoms with van der Waals surface area (Å²) in [6.45, 7) is 0. The zero-order valence-electron chi connectivity index (χ0n) is 23.5. The van der Waals surface area contributed by atoms with Crippen molar-refractivity contribution >= 4 is 113 Å². The minimum Gasteiger partial charge on any atom is -0.456 e. The fourth-order valence-electron chi connectivity index (χ4n) is 6.81. The van der Waals surface area contributed by atoms with Crippen LogP contribution in [-0.2, 0) is 0 Å². The predicted molar refractivity (Wildman–Crippen MR) is 192 cm³/mol. The van der Waals surface area contributed by atoms with Gasteiger partial charge in [0, 0.05) is 73.9 Å². The molecule has 0 spiro atoms. The Morgan fingerprint density at radius 2 is 1.02 bits per heavy atom. The topological polar surface area (TPSA) is 16.4 Å². The molecule has 10 rings (SSSR count). The molecular weight excluding hydrogens is 575 g/mol. The van der Waals surface area contributed by atoms with Crippen molar-refractivity contribution in [2.24, 2.45) is 0 Å². The molecule has 0 aliphatic rings. The van der Waals surface area contributed by atoms with Crippen LogP contribution in [0.25, 0.3) is 73.1 Å². The minimum atomic E-state index is 0.892. The molecule has 44 heavy (non-hydrogen) atoms. The Hall–Kier alpha value is -5.16. The van der Waals surface area contributed by atoms with Crippen molar-refractivity contribution in [3.05, 3.63) is 140 Å². The van der Waals surface area contributed by atoms with Crippen LogP contribution >= 0.6 is 22.7 Å². The van der Waals surface area contributed by atoms with Crippen molar-refractivity contribution in [2.45, 2.75) is 0 Å². The Bertz CT molecular complexity index is 2750. The lowest BCUT2D eigenvalue weighted by atomic mass is 10.0. The number of furan rings is 1. The second-order valence-electron chi connectivity index (χ2n) is 11.3. The maximum absolute atomic E-state index is 6.39. The molecule has 0 N–H and O–H groups in total. The lowest BCUT2D eigenvalue weighted by Gasteiger charge is -2.27. The van der Waals surface area contributed by atoms with Gasteiger partial charge in [-0.05, 0) is 72.1 Å². The van der Waals surface area contributed by atoms with Crippen LogP contribution in [0.3, 0.4) is 0 Å². The quantitative estimate of drug-likeness (QED) is 0.201. The molecule has 0 unspecified atom stereocenters. The summed E-state index contributed by atoms with van der Waals surface area (Å²) < 4.78 is 11.6. The van der Waals surface area contributed by atoms with E-state index in [1.165, 1.54) is 51.1 Å². The first kappa shape index (κ1) is 24.3. The van der Waals surface area contributed by atoms with Gasteiger partial charge >= 0.3 is 0 Å². The average Bonchev–Trinajstić information content (AvgIpc) is 3.74. The Labute approximate surface area is 260 Å². The Morgan fingerprint density at radius 1 is 0.386 bits per heavy atom. The number of hydrogen-bond acceptors (Lipinski definition) is 4. The smallest absolute Gasteiger partial charge is 0.137 e. The van der Waals surface area contributed by atoms with E-state index in [1.807, 2.05) is 34.8 Å². The number of benzene rings is 7. The molecule has 10 aromatic rings. The fraction of sp³-hybridized carbons (Fsp3) is 0. The van der Waals surface area contributed by atoms with E-state index in [2.05, 4.69) is 132 Å². The molecule has 3 heterocycles. The fourth-order valence-corrected chi connectivity index (χ4v) is 9.02. The molecule has 0 fully saturated rings. The summed E-state index contributed by atoms with van der Waals surface area (Å²) in [6, 6.07) is 50.7. The second-order valence-corrected chi connectivity index (χ2v) is 13.5. The monoisotopic (exact) mass is 597 g/mol. The highest BCUT2D eigenvalue weighted by atomic mass is 32.1. The highest BCUT2D eigenvalue weighted by Crippen LogP contribution is 2.45. The average molecular weight is 598 g/mol. The molecule has 0 atom stereocenters. The number of anilines is 3. The van der Waals surface area contributed by atoms with Gasteiger partial charge in [0.15, 0.2) is 0 Å².